The first kappa shape index (κ1) is 15.8. The van der Waals surface area contributed by atoms with E-state index in [4.69, 9.17) is 0 Å². The van der Waals surface area contributed by atoms with Gasteiger partial charge in [-0.15, -0.1) is 0 Å². The molecule has 116 valence electrons. The zero-order chi connectivity index (χ0) is 14.8. The van der Waals surface area contributed by atoms with Gasteiger partial charge in [-0.3, -0.25) is 9.69 Å². The zero-order valence-electron chi connectivity index (χ0n) is 13.2. The lowest BCUT2D eigenvalue weighted by atomic mass is 9.77. The standard InChI is InChI=1S/C16H30N2O2/c1-4-17-16(15(19)20)8-5-6-14(11-16)18-9-7-12(2)10-13(18)3/h12-14,17H,4-11H2,1-3H3,(H,19,20). The van der Waals surface area contributed by atoms with Crippen molar-refractivity contribution in [3.63, 3.8) is 0 Å². The lowest BCUT2D eigenvalue weighted by Gasteiger charge is -2.47. The van der Waals surface area contributed by atoms with Crippen LogP contribution in [0.1, 0.15) is 59.3 Å². The number of likely N-dealkylation sites (N-methyl/N-ethyl adjacent to an activating group) is 1. The number of carbonyl (C=O) groups is 1. The number of piperidine rings is 1. The van der Waals surface area contributed by atoms with Crippen molar-refractivity contribution >= 4 is 5.97 Å². The molecule has 4 atom stereocenters. The average Bonchev–Trinajstić information content (AvgIpc) is 2.39. The molecular formula is C16H30N2O2. The average molecular weight is 282 g/mol. The summed E-state index contributed by atoms with van der Waals surface area (Å²) in [6.45, 7) is 8.49. The van der Waals surface area contributed by atoms with E-state index in [2.05, 4.69) is 24.1 Å². The van der Waals surface area contributed by atoms with Gasteiger partial charge in [0, 0.05) is 12.1 Å². The molecule has 2 N–H and O–H groups in total. The molecule has 20 heavy (non-hydrogen) atoms. The highest BCUT2D eigenvalue weighted by atomic mass is 16.4. The first-order chi connectivity index (χ1) is 9.48. The molecule has 2 aliphatic rings. The second-order valence-corrected chi connectivity index (χ2v) is 6.88. The van der Waals surface area contributed by atoms with Crippen LogP contribution in [0.2, 0.25) is 0 Å². The van der Waals surface area contributed by atoms with E-state index >= 15 is 0 Å². The molecule has 4 heteroatoms. The SMILES string of the molecule is CCNC1(C(=O)O)CCCC(N2CCC(C)CC2C)C1. The van der Waals surface area contributed by atoms with Crippen LogP contribution in [-0.4, -0.2) is 46.7 Å². The number of hydrogen-bond acceptors (Lipinski definition) is 3. The lowest BCUT2D eigenvalue weighted by molar-refractivity contribution is -0.147. The number of likely N-dealkylation sites (tertiary alicyclic amines) is 1. The first-order valence-corrected chi connectivity index (χ1v) is 8.22. The second-order valence-electron chi connectivity index (χ2n) is 6.88. The molecule has 0 spiro atoms. The Labute approximate surface area is 122 Å². The summed E-state index contributed by atoms with van der Waals surface area (Å²) in [6.07, 6.45) is 6.20. The van der Waals surface area contributed by atoms with E-state index in [-0.39, 0.29) is 0 Å². The van der Waals surface area contributed by atoms with Gasteiger partial charge in [0.05, 0.1) is 0 Å². The molecule has 2 fully saturated rings. The van der Waals surface area contributed by atoms with Crippen LogP contribution in [0.15, 0.2) is 0 Å². The maximum atomic E-state index is 11.7. The van der Waals surface area contributed by atoms with Gasteiger partial charge in [0.1, 0.15) is 5.54 Å². The maximum Gasteiger partial charge on any atom is 0.323 e. The number of carboxylic acids is 1. The van der Waals surface area contributed by atoms with E-state index in [1.807, 2.05) is 6.92 Å². The molecule has 1 aliphatic carbocycles. The fraction of sp³-hybridized carbons (Fsp3) is 0.938. The number of carboxylic acid groups (broad SMARTS) is 1. The van der Waals surface area contributed by atoms with Crippen molar-refractivity contribution in [1.29, 1.82) is 0 Å². The molecule has 0 aromatic rings. The number of aliphatic carboxylic acids is 1. The summed E-state index contributed by atoms with van der Waals surface area (Å²) in [7, 11) is 0. The van der Waals surface area contributed by atoms with E-state index in [1.54, 1.807) is 0 Å². The van der Waals surface area contributed by atoms with Gasteiger partial charge in [0.15, 0.2) is 0 Å². The number of nitrogens with zero attached hydrogens (tertiary/aromatic N) is 1. The molecule has 1 saturated carbocycles. The number of hydrogen-bond donors (Lipinski definition) is 2. The van der Waals surface area contributed by atoms with E-state index < -0.39 is 11.5 Å². The Bertz CT molecular complexity index is 343. The van der Waals surface area contributed by atoms with Crippen LogP contribution in [0.25, 0.3) is 0 Å². The topological polar surface area (TPSA) is 52.6 Å². The van der Waals surface area contributed by atoms with Crippen molar-refractivity contribution in [2.75, 3.05) is 13.1 Å². The van der Waals surface area contributed by atoms with Gasteiger partial charge in [-0.05, 0) is 64.5 Å². The van der Waals surface area contributed by atoms with Crippen LogP contribution < -0.4 is 5.32 Å². The third-order valence-electron chi connectivity index (χ3n) is 5.31. The predicted molar refractivity (Wildman–Crippen MR) is 80.9 cm³/mol. The summed E-state index contributed by atoms with van der Waals surface area (Å²) >= 11 is 0. The normalized spacial score (nSPS) is 39.6. The van der Waals surface area contributed by atoms with Crippen LogP contribution >= 0.6 is 0 Å². The molecule has 0 aromatic heterocycles. The molecule has 0 radical (unpaired) electrons. The number of rotatable bonds is 4. The Morgan fingerprint density at radius 2 is 2.15 bits per heavy atom. The van der Waals surface area contributed by atoms with E-state index in [1.165, 1.54) is 12.8 Å². The minimum absolute atomic E-state index is 0.432. The zero-order valence-corrected chi connectivity index (χ0v) is 13.2. The summed E-state index contributed by atoms with van der Waals surface area (Å²) < 4.78 is 0. The molecule has 1 heterocycles. The van der Waals surface area contributed by atoms with Gasteiger partial charge in [-0.1, -0.05) is 13.8 Å². The van der Waals surface area contributed by atoms with Gasteiger partial charge in [-0.25, -0.2) is 0 Å². The van der Waals surface area contributed by atoms with Crippen molar-refractivity contribution in [3.8, 4) is 0 Å². The highest BCUT2D eigenvalue weighted by Gasteiger charge is 2.44. The van der Waals surface area contributed by atoms with Crippen molar-refractivity contribution in [2.24, 2.45) is 5.92 Å². The molecule has 4 nitrogen and oxygen atoms in total. The first-order valence-electron chi connectivity index (χ1n) is 8.22. The fourth-order valence-electron chi connectivity index (χ4n) is 4.27. The molecule has 0 bridgehead atoms. The summed E-state index contributed by atoms with van der Waals surface area (Å²) in [5.41, 5.74) is -0.694. The van der Waals surface area contributed by atoms with E-state index in [0.717, 1.165) is 44.7 Å². The van der Waals surface area contributed by atoms with Crippen molar-refractivity contribution in [2.45, 2.75) is 76.9 Å². The lowest BCUT2D eigenvalue weighted by Crippen LogP contribution is -2.60. The summed E-state index contributed by atoms with van der Waals surface area (Å²) in [6, 6.07) is 1.02. The Balaban J connectivity index is 2.07. The monoisotopic (exact) mass is 282 g/mol. The van der Waals surface area contributed by atoms with E-state index in [0.29, 0.717) is 12.1 Å². The molecule has 4 unspecified atom stereocenters. The van der Waals surface area contributed by atoms with Gasteiger partial charge in [-0.2, -0.15) is 0 Å². The number of nitrogens with one attached hydrogen (secondary N) is 1. The van der Waals surface area contributed by atoms with E-state index in [9.17, 15) is 9.90 Å². The largest absolute Gasteiger partial charge is 0.480 e. The molecular weight excluding hydrogens is 252 g/mol. The molecule has 1 aliphatic heterocycles. The summed E-state index contributed by atoms with van der Waals surface area (Å²) in [4.78, 5) is 14.3. The van der Waals surface area contributed by atoms with Crippen LogP contribution in [0.5, 0.6) is 0 Å². The third kappa shape index (κ3) is 3.17. The Hall–Kier alpha value is -0.610. The van der Waals surface area contributed by atoms with Crippen molar-refractivity contribution in [1.82, 2.24) is 10.2 Å². The van der Waals surface area contributed by atoms with Crippen molar-refractivity contribution in [3.05, 3.63) is 0 Å². The Morgan fingerprint density at radius 1 is 1.40 bits per heavy atom. The molecule has 0 amide bonds. The fourth-order valence-corrected chi connectivity index (χ4v) is 4.27. The van der Waals surface area contributed by atoms with Crippen LogP contribution in [0.4, 0.5) is 0 Å². The highest BCUT2D eigenvalue weighted by Crippen LogP contribution is 2.35. The third-order valence-corrected chi connectivity index (χ3v) is 5.31. The van der Waals surface area contributed by atoms with Crippen LogP contribution in [-0.2, 0) is 4.79 Å². The minimum atomic E-state index is -0.694. The van der Waals surface area contributed by atoms with Gasteiger partial charge < -0.3 is 10.4 Å². The molecule has 1 saturated heterocycles. The molecule has 0 aromatic carbocycles. The highest BCUT2D eigenvalue weighted by molar-refractivity contribution is 5.79. The predicted octanol–water partition coefficient (Wildman–Crippen LogP) is 2.48. The Morgan fingerprint density at radius 3 is 2.75 bits per heavy atom. The van der Waals surface area contributed by atoms with Crippen molar-refractivity contribution < 1.29 is 9.90 Å². The van der Waals surface area contributed by atoms with Crippen LogP contribution in [0.3, 0.4) is 0 Å². The van der Waals surface area contributed by atoms with Gasteiger partial charge in [0.2, 0.25) is 0 Å². The van der Waals surface area contributed by atoms with Gasteiger partial charge in [0.25, 0.3) is 0 Å². The maximum absolute atomic E-state index is 11.7. The summed E-state index contributed by atoms with van der Waals surface area (Å²) in [5.74, 6) is 0.143. The molecule has 2 rings (SSSR count). The second kappa shape index (κ2) is 6.44. The van der Waals surface area contributed by atoms with Gasteiger partial charge >= 0.3 is 5.97 Å². The smallest absolute Gasteiger partial charge is 0.323 e. The minimum Gasteiger partial charge on any atom is -0.480 e. The summed E-state index contributed by atoms with van der Waals surface area (Å²) in [5, 5.41) is 12.9. The Kier molecular flexibility index (Phi) is 5.08. The quantitative estimate of drug-likeness (QED) is 0.832. The van der Waals surface area contributed by atoms with Crippen LogP contribution in [0, 0.1) is 5.92 Å².